The SMILES string of the molecule is CCC1(CC)CNCCN1Cc1cccc(C)c1. The van der Waals surface area contributed by atoms with Crippen LogP contribution in [0.3, 0.4) is 0 Å². The van der Waals surface area contributed by atoms with Gasteiger partial charge in [-0.15, -0.1) is 0 Å². The van der Waals surface area contributed by atoms with Crippen molar-refractivity contribution < 1.29 is 0 Å². The number of hydrogen-bond donors (Lipinski definition) is 1. The summed E-state index contributed by atoms with van der Waals surface area (Å²) in [6.45, 7) is 11.3. The summed E-state index contributed by atoms with van der Waals surface area (Å²) in [5, 5.41) is 3.56. The third-order valence-electron chi connectivity index (χ3n) is 4.46. The number of rotatable bonds is 4. The predicted molar refractivity (Wildman–Crippen MR) is 77.8 cm³/mol. The van der Waals surface area contributed by atoms with Gasteiger partial charge in [0, 0.05) is 31.7 Å². The lowest BCUT2D eigenvalue weighted by Crippen LogP contribution is -2.60. The van der Waals surface area contributed by atoms with Crippen molar-refractivity contribution in [2.45, 2.75) is 45.7 Å². The van der Waals surface area contributed by atoms with Gasteiger partial charge in [0.15, 0.2) is 0 Å². The van der Waals surface area contributed by atoms with Crippen molar-refractivity contribution in [3.8, 4) is 0 Å². The number of piperazine rings is 1. The summed E-state index contributed by atoms with van der Waals surface area (Å²) in [6.07, 6.45) is 2.45. The molecule has 2 nitrogen and oxygen atoms in total. The Labute approximate surface area is 111 Å². The molecule has 0 amide bonds. The molecule has 1 aromatic carbocycles. The van der Waals surface area contributed by atoms with Crippen molar-refractivity contribution in [3.05, 3.63) is 35.4 Å². The largest absolute Gasteiger partial charge is 0.314 e. The van der Waals surface area contributed by atoms with E-state index in [-0.39, 0.29) is 0 Å². The molecule has 1 aliphatic heterocycles. The highest BCUT2D eigenvalue weighted by molar-refractivity contribution is 5.22. The second-order valence-corrected chi connectivity index (χ2v) is 5.52. The Bertz CT molecular complexity index is 382. The van der Waals surface area contributed by atoms with Crippen LogP contribution in [0.5, 0.6) is 0 Å². The zero-order valence-electron chi connectivity index (χ0n) is 12.0. The third kappa shape index (κ3) is 2.76. The number of benzene rings is 1. The van der Waals surface area contributed by atoms with Gasteiger partial charge in [-0.25, -0.2) is 0 Å². The molecule has 18 heavy (non-hydrogen) atoms. The fourth-order valence-electron chi connectivity index (χ4n) is 3.11. The lowest BCUT2D eigenvalue weighted by Gasteiger charge is -2.47. The first kappa shape index (κ1) is 13.6. The van der Waals surface area contributed by atoms with E-state index >= 15 is 0 Å². The minimum absolute atomic E-state index is 0.349. The van der Waals surface area contributed by atoms with Crippen LogP contribution in [-0.4, -0.2) is 30.1 Å². The Morgan fingerprint density at radius 3 is 2.72 bits per heavy atom. The summed E-state index contributed by atoms with van der Waals surface area (Å²) >= 11 is 0. The summed E-state index contributed by atoms with van der Waals surface area (Å²) in [6, 6.07) is 8.92. The van der Waals surface area contributed by atoms with Crippen LogP contribution in [0.2, 0.25) is 0 Å². The Morgan fingerprint density at radius 2 is 2.06 bits per heavy atom. The molecule has 0 aromatic heterocycles. The second-order valence-electron chi connectivity index (χ2n) is 5.52. The molecule has 0 aliphatic carbocycles. The highest BCUT2D eigenvalue weighted by Gasteiger charge is 2.35. The standard InChI is InChI=1S/C16H26N2/c1-4-16(5-2)13-17-9-10-18(16)12-15-8-6-7-14(3)11-15/h6-8,11,17H,4-5,9-10,12-13H2,1-3H3. The van der Waals surface area contributed by atoms with Gasteiger partial charge in [0.25, 0.3) is 0 Å². The number of hydrogen-bond acceptors (Lipinski definition) is 2. The highest BCUT2D eigenvalue weighted by atomic mass is 15.3. The average molecular weight is 246 g/mol. The Kier molecular flexibility index (Phi) is 4.41. The summed E-state index contributed by atoms with van der Waals surface area (Å²) in [4.78, 5) is 2.68. The van der Waals surface area contributed by atoms with Crippen molar-refractivity contribution in [2.75, 3.05) is 19.6 Å². The fraction of sp³-hybridized carbons (Fsp3) is 0.625. The van der Waals surface area contributed by atoms with Crippen LogP contribution in [-0.2, 0) is 6.54 Å². The van der Waals surface area contributed by atoms with Gasteiger partial charge in [0.2, 0.25) is 0 Å². The zero-order valence-corrected chi connectivity index (χ0v) is 12.0. The molecule has 100 valence electrons. The smallest absolute Gasteiger partial charge is 0.0332 e. The van der Waals surface area contributed by atoms with Crippen LogP contribution in [0.4, 0.5) is 0 Å². The third-order valence-corrected chi connectivity index (χ3v) is 4.46. The Hall–Kier alpha value is -0.860. The molecule has 0 bridgehead atoms. The summed E-state index contributed by atoms with van der Waals surface area (Å²) in [5.74, 6) is 0. The van der Waals surface area contributed by atoms with E-state index in [1.54, 1.807) is 0 Å². The van der Waals surface area contributed by atoms with Crippen LogP contribution in [0.25, 0.3) is 0 Å². The summed E-state index contributed by atoms with van der Waals surface area (Å²) < 4.78 is 0. The predicted octanol–water partition coefficient (Wildman–Crippen LogP) is 2.96. The molecule has 1 aliphatic rings. The van der Waals surface area contributed by atoms with E-state index < -0.39 is 0 Å². The van der Waals surface area contributed by atoms with Gasteiger partial charge in [-0.1, -0.05) is 43.7 Å². The van der Waals surface area contributed by atoms with Crippen LogP contribution in [0.1, 0.15) is 37.8 Å². The monoisotopic (exact) mass is 246 g/mol. The first-order valence-corrected chi connectivity index (χ1v) is 7.21. The fourth-order valence-corrected chi connectivity index (χ4v) is 3.11. The molecular formula is C16H26N2. The van der Waals surface area contributed by atoms with E-state index in [2.05, 4.69) is 55.3 Å². The average Bonchev–Trinajstić information content (AvgIpc) is 2.40. The van der Waals surface area contributed by atoms with Crippen molar-refractivity contribution in [2.24, 2.45) is 0 Å². The van der Waals surface area contributed by atoms with Gasteiger partial charge in [0.05, 0.1) is 0 Å². The molecule has 0 atom stereocenters. The second kappa shape index (κ2) is 5.85. The molecule has 1 heterocycles. The van der Waals surface area contributed by atoms with E-state index in [4.69, 9.17) is 0 Å². The first-order valence-electron chi connectivity index (χ1n) is 7.21. The van der Waals surface area contributed by atoms with Gasteiger partial charge in [-0.3, -0.25) is 4.90 Å². The molecule has 2 rings (SSSR count). The molecule has 1 fully saturated rings. The molecule has 0 unspecified atom stereocenters. The maximum Gasteiger partial charge on any atom is 0.0332 e. The van der Waals surface area contributed by atoms with Gasteiger partial charge < -0.3 is 5.32 Å². The summed E-state index contributed by atoms with van der Waals surface area (Å²) in [7, 11) is 0. The maximum absolute atomic E-state index is 3.56. The first-order chi connectivity index (χ1) is 8.70. The lowest BCUT2D eigenvalue weighted by molar-refractivity contribution is 0.0447. The zero-order chi connectivity index (χ0) is 13.0. The van der Waals surface area contributed by atoms with Crippen LogP contribution in [0, 0.1) is 6.92 Å². The molecular weight excluding hydrogens is 220 g/mol. The quantitative estimate of drug-likeness (QED) is 0.878. The molecule has 0 spiro atoms. The number of nitrogens with zero attached hydrogens (tertiary/aromatic N) is 1. The Morgan fingerprint density at radius 1 is 1.28 bits per heavy atom. The molecule has 1 aromatic rings. The van der Waals surface area contributed by atoms with Gasteiger partial charge >= 0.3 is 0 Å². The van der Waals surface area contributed by atoms with E-state index in [1.165, 1.54) is 24.0 Å². The lowest BCUT2D eigenvalue weighted by atomic mass is 9.88. The topological polar surface area (TPSA) is 15.3 Å². The van der Waals surface area contributed by atoms with Crippen molar-refractivity contribution in [1.29, 1.82) is 0 Å². The van der Waals surface area contributed by atoms with Gasteiger partial charge in [0.1, 0.15) is 0 Å². The minimum atomic E-state index is 0.349. The minimum Gasteiger partial charge on any atom is -0.314 e. The number of nitrogens with one attached hydrogen (secondary N) is 1. The van der Waals surface area contributed by atoms with Crippen molar-refractivity contribution >= 4 is 0 Å². The molecule has 1 saturated heterocycles. The van der Waals surface area contributed by atoms with Crippen molar-refractivity contribution in [3.63, 3.8) is 0 Å². The van der Waals surface area contributed by atoms with E-state index in [1.807, 2.05) is 0 Å². The number of aryl methyl sites for hydroxylation is 1. The Balaban J connectivity index is 2.15. The molecule has 0 saturated carbocycles. The van der Waals surface area contributed by atoms with E-state index in [0.29, 0.717) is 5.54 Å². The van der Waals surface area contributed by atoms with Gasteiger partial charge in [-0.2, -0.15) is 0 Å². The molecule has 0 radical (unpaired) electrons. The van der Waals surface area contributed by atoms with E-state index in [0.717, 1.165) is 26.2 Å². The van der Waals surface area contributed by atoms with Crippen molar-refractivity contribution in [1.82, 2.24) is 10.2 Å². The normalized spacial score (nSPS) is 19.9. The van der Waals surface area contributed by atoms with Crippen LogP contribution >= 0.6 is 0 Å². The maximum atomic E-state index is 3.56. The molecule has 1 N–H and O–H groups in total. The summed E-state index contributed by atoms with van der Waals surface area (Å²) in [5.41, 5.74) is 3.16. The molecule has 2 heteroatoms. The van der Waals surface area contributed by atoms with Crippen LogP contribution < -0.4 is 5.32 Å². The highest BCUT2D eigenvalue weighted by Crippen LogP contribution is 2.27. The van der Waals surface area contributed by atoms with Gasteiger partial charge in [-0.05, 0) is 25.3 Å². The van der Waals surface area contributed by atoms with E-state index in [9.17, 15) is 0 Å². The van der Waals surface area contributed by atoms with Crippen LogP contribution in [0.15, 0.2) is 24.3 Å².